The molecule has 3 aromatic rings. The van der Waals surface area contributed by atoms with Gasteiger partial charge in [-0.2, -0.15) is 0 Å². The van der Waals surface area contributed by atoms with Crippen molar-refractivity contribution in [1.82, 2.24) is 4.98 Å². The number of thiophene rings is 1. The average Bonchev–Trinajstić information content (AvgIpc) is 3.08. The Labute approximate surface area is 131 Å². The van der Waals surface area contributed by atoms with E-state index in [1.165, 1.54) is 23.5 Å². The van der Waals surface area contributed by atoms with Crippen LogP contribution in [0.1, 0.15) is 15.2 Å². The second-order valence-electron chi connectivity index (χ2n) is 4.71. The van der Waals surface area contributed by atoms with E-state index in [-0.39, 0.29) is 11.7 Å². The Bertz CT molecular complexity index is 742. The van der Waals surface area contributed by atoms with Crippen LogP contribution in [0.25, 0.3) is 0 Å². The van der Waals surface area contributed by atoms with Gasteiger partial charge in [0, 0.05) is 18.1 Å². The maximum absolute atomic E-state index is 13.1. The zero-order chi connectivity index (χ0) is 15.4. The molecule has 2 aromatic heterocycles. The third kappa shape index (κ3) is 3.20. The van der Waals surface area contributed by atoms with Crippen molar-refractivity contribution in [3.63, 3.8) is 0 Å². The first kappa shape index (κ1) is 14.4. The largest absolute Gasteiger partial charge is 0.303 e. The third-order valence-corrected chi connectivity index (χ3v) is 4.04. The summed E-state index contributed by atoms with van der Waals surface area (Å²) in [6.07, 6.45) is 3.41. The summed E-state index contributed by atoms with van der Waals surface area (Å²) in [6.45, 7) is 0.385. The van der Waals surface area contributed by atoms with Gasteiger partial charge in [-0.05, 0) is 47.3 Å². The van der Waals surface area contributed by atoms with Crippen molar-refractivity contribution >= 4 is 22.9 Å². The van der Waals surface area contributed by atoms with E-state index in [1.54, 1.807) is 35.5 Å². The van der Waals surface area contributed by atoms with Gasteiger partial charge in [0.15, 0.2) is 0 Å². The number of hydrogen-bond acceptors (Lipinski definition) is 3. The van der Waals surface area contributed by atoms with Gasteiger partial charge in [-0.1, -0.05) is 12.1 Å². The molecule has 5 heteroatoms. The molecule has 0 aliphatic carbocycles. The summed E-state index contributed by atoms with van der Waals surface area (Å²) in [7, 11) is 0. The standard InChI is InChI=1S/C17H13FN2OS/c18-14-5-7-15(8-6-14)20(12-13-3-1-9-19-11-13)17(21)16-4-2-10-22-16/h1-11H,12H2. The number of nitrogens with zero attached hydrogens (tertiary/aromatic N) is 2. The van der Waals surface area contributed by atoms with E-state index in [4.69, 9.17) is 0 Å². The minimum absolute atomic E-state index is 0.106. The molecule has 0 atom stereocenters. The van der Waals surface area contributed by atoms with E-state index in [0.717, 1.165) is 5.56 Å². The van der Waals surface area contributed by atoms with Crippen molar-refractivity contribution in [2.45, 2.75) is 6.54 Å². The normalized spacial score (nSPS) is 10.4. The van der Waals surface area contributed by atoms with Gasteiger partial charge in [-0.15, -0.1) is 11.3 Å². The van der Waals surface area contributed by atoms with Crippen molar-refractivity contribution in [3.8, 4) is 0 Å². The Kier molecular flexibility index (Phi) is 4.25. The summed E-state index contributed by atoms with van der Waals surface area (Å²) in [4.78, 5) is 19.1. The van der Waals surface area contributed by atoms with Crippen molar-refractivity contribution in [3.05, 3.63) is 82.6 Å². The second kappa shape index (κ2) is 6.49. The van der Waals surface area contributed by atoms with E-state index in [0.29, 0.717) is 17.1 Å². The molecule has 3 rings (SSSR count). The third-order valence-electron chi connectivity index (χ3n) is 3.18. The van der Waals surface area contributed by atoms with Crippen LogP contribution in [0, 0.1) is 5.82 Å². The van der Waals surface area contributed by atoms with E-state index < -0.39 is 0 Å². The van der Waals surface area contributed by atoms with E-state index >= 15 is 0 Å². The summed E-state index contributed by atoms with van der Waals surface area (Å²) in [6, 6.07) is 13.3. The van der Waals surface area contributed by atoms with Gasteiger partial charge in [-0.25, -0.2) is 4.39 Å². The summed E-state index contributed by atoms with van der Waals surface area (Å²) in [5.41, 5.74) is 1.57. The van der Waals surface area contributed by atoms with Gasteiger partial charge >= 0.3 is 0 Å². The molecule has 0 aliphatic heterocycles. The molecular formula is C17H13FN2OS. The maximum atomic E-state index is 13.1. The second-order valence-corrected chi connectivity index (χ2v) is 5.65. The van der Waals surface area contributed by atoms with Gasteiger partial charge < -0.3 is 4.90 Å². The van der Waals surface area contributed by atoms with Crippen LogP contribution in [0.5, 0.6) is 0 Å². The van der Waals surface area contributed by atoms with Gasteiger partial charge in [0.1, 0.15) is 5.82 Å². The zero-order valence-corrected chi connectivity index (χ0v) is 12.5. The van der Waals surface area contributed by atoms with Gasteiger partial charge in [-0.3, -0.25) is 9.78 Å². The van der Waals surface area contributed by atoms with Gasteiger partial charge in [0.25, 0.3) is 5.91 Å². The zero-order valence-electron chi connectivity index (χ0n) is 11.6. The fraction of sp³-hybridized carbons (Fsp3) is 0.0588. The number of aromatic nitrogens is 1. The maximum Gasteiger partial charge on any atom is 0.268 e. The average molecular weight is 312 g/mol. The summed E-state index contributed by atoms with van der Waals surface area (Å²) in [5, 5.41) is 1.86. The summed E-state index contributed by atoms with van der Waals surface area (Å²) in [5.74, 6) is -0.431. The van der Waals surface area contributed by atoms with Crippen molar-refractivity contribution in [1.29, 1.82) is 0 Å². The highest BCUT2D eigenvalue weighted by molar-refractivity contribution is 7.12. The van der Waals surface area contributed by atoms with Crippen LogP contribution in [-0.2, 0) is 6.54 Å². The van der Waals surface area contributed by atoms with Crippen molar-refractivity contribution in [2.75, 3.05) is 4.90 Å². The Morgan fingerprint density at radius 1 is 1.14 bits per heavy atom. The minimum Gasteiger partial charge on any atom is -0.303 e. The van der Waals surface area contributed by atoms with Crippen LogP contribution in [0.4, 0.5) is 10.1 Å². The van der Waals surface area contributed by atoms with Crippen LogP contribution in [-0.4, -0.2) is 10.9 Å². The number of anilines is 1. The minimum atomic E-state index is -0.325. The summed E-state index contributed by atoms with van der Waals surface area (Å²) < 4.78 is 13.1. The lowest BCUT2D eigenvalue weighted by molar-refractivity contribution is 0.0989. The Morgan fingerprint density at radius 2 is 1.95 bits per heavy atom. The first-order valence-electron chi connectivity index (χ1n) is 6.74. The van der Waals surface area contributed by atoms with Crippen molar-refractivity contribution in [2.24, 2.45) is 0 Å². The number of rotatable bonds is 4. The SMILES string of the molecule is O=C(c1cccs1)N(Cc1cccnc1)c1ccc(F)cc1. The lowest BCUT2D eigenvalue weighted by atomic mass is 10.2. The number of pyridine rings is 1. The molecule has 1 aromatic carbocycles. The molecular weight excluding hydrogens is 299 g/mol. The molecule has 0 N–H and O–H groups in total. The number of carbonyl (C=O) groups is 1. The molecule has 0 fully saturated rings. The lowest BCUT2D eigenvalue weighted by Gasteiger charge is -2.22. The Hall–Kier alpha value is -2.53. The molecule has 2 heterocycles. The lowest BCUT2D eigenvalue weighted by Crippen LogP contribution is -2.29. The van der Waals surface area contributed by atoms with Crippen molar-refractivity contribution < 1.29 is 9.18 Å². The Morgan fingerprint density at radius 3 is 2.59 bits per heavy atom. The molecule has 0 radical (unpaired) electrons. The molecule has 0 spiro atoms. The van der Waals surface area contributed by atoms with Crippen LogP contribution in [0.15, 0.2) is 66.3 Å². The fourth-order valence-electron chi connectivity index (χ4n) is 2.11. The van der Waals surface area contributed by atoms with Crippen LogP contribution < -0.4 is 4.90 Å². The highest BCUT2D eigenvalue weighted by atomic mass is 32.1. The van der Waals surface area contributed by atoms with E-state index in [1.807, 2.05) is 23.6 Å². The Balaban J connectivity index is 1.94. The molecule has 0 unspecified atom stereocenters. The van der Waals surface area contributed by atoms with Gasteiger partial charge in [0.05, 0.1) is 11.4 Å². The number of hydrogen-bond donors (Lipinski definition) is 0. The van der Waals surface area contributed by atoms with E-state index in [9.17, 15) is 9.18 Å². The number of halogens is 1. The summed E-state index contributed by atoms with van der Waals surface area (Å²) >= 11 is 1.39. The quantitative estimate of drug-likeness (QED) is 0.726. The molecule has 3 nitrogen and oxygen atoms in total. The predicted molar refractivity (Wildman–Crippen MR) is 85.5 cm³/mol. The molecule has 22 heavy (non-hydrogen) atoms. The van der Waals surface area contributed by atoms with Crippen LogP contribution >= 0.6 is 11.3 Å². The highest BCUT2D eigenvalue weighted by Crippen LogP contribution is 2.22. The predicted octanol–water partition coefficient (Wildman–Crippen LogP) is 4.13. The molecule has 0 saturated carbocycles. The van der Waals surface area contributed by atoms with Crippen LogP contribution in [0.3, 0.4) is 0 Å². The number of amides is 1. The molecule has 0 saturated heterocycles. The topological polar surface area (TPSA) is 33.2 Å². The number of carbonyl (C=O) groups excluding carboxylic acids is 1. The highest BCUT2D eigenvalue weighted by Gasteiger charge is 2.19. The van der Waals surface area contributed by atoms with Gasteiger partial charge in [0.2, 0.25) is 0 Å². The molecule has 0 aliphatic rings. The number of benzene rings is 1. The molecule has 0 bridgehead atoms. The molecule has 1 amide bonds. The van der Waals surface area contributed by atoms with Crippen LogP contribution in [0.2, 0.25) is 0 Å². The van der Waals surface area contributed by atoms with E-state index in [2.05, 4.69) is 4.98 Å². The fourth-order valence-corrected chi connectivity index (χ4v) is 2.78. The first-order valence-corrected chi connectivity index (χ1v) is 7.62. The smallest absolute Gasteiger partial charge is 0.268 e. The monoisotopic (exact) mass is 312 g/mol. The first-order chi connectivity index (χ1) is 10.7. The molecule has 110 valence electrons.